The molecule has 0 bridgehead atoms. The molecule has 0 radical (unpaired) electrons. The zero-order valence-corrected chi connectivity index (χ0v) is 12.2. The van der Waals surface area contributed by atoms with Crippen molar-refractivity contribution in [3.63, 3.8) is 0 Å². The van der Waals surface area contributed by atoms with Gasteiger partial charge in [0.1, 0.15) is 0 Å². The van der Waals surface area contributed by atoms with Crippen LogP contribution in [-0.4, -0.2) is 12.0 Å². The summed E-state index contributed by atoms with van der Waals surface area (Å²) in [5.74, 6) is 0. The topological polar surface area (TPSA) is 50.9 Å². The summed E-state index contributed by atoms with van der Waals surface area (Å²) in [6, 6.07) is 5.81. The van der Waals surface area contributed by atoms with Crippen molar-refractivity contribution < 1.29 is 0 Å². The van der Waals surface area contributed by atoms with Crippen LogP contribution in [-0.2, 0) is 0 Å². The minimum absolute atomic E-state index is 0.0435. The number of nitrogens with one attached hydrogen (secondary N) is 1. The summed E-state index contributed by atoms with van der Waals surface area (Å²) in [5, 5.41) is 4.69. The molecule has 1 aromatic heterocycles. The maximum atomic E-state index is 6.17. The van der Waals surface area contributed by atoms with Gasteiger partial charge >= 0.3 is 0 Å². The first-order valence-electron chi connectivity index (χ1n) is 5.74. The Morgan fingerprint density at radius 1 is 1.44 bits per heavy atom. The summed E-state index contributed by atoms with van der Waals surface area (Å²) in [6.07, 6.45) is 0. The van der Waals surface area contributed by atoms with E-state index in [9.17, 15) is 0 Å². The van der Waals surface area contributed by atoms with E-state index >= 15 is 0 Å². The summed E-state index contributed by atoms with van der Waals surface area (Å²) in [5.41, 5.74) is 9.03. The Balaban J connectivity index is 2.62. The van der Waals surface area contributed by atoms with Crippen LogP contribution in [0.4, 0.5) is 5.13 Å². The van der Waals surface area contributed by atoms with Crippen LogP contribution in [0.25, 0.3) is 11.3 Å². The highest BCUT2D eigenvalue weighted by molar-refractivity contribution is 7.16. The van der Waals surface area contributed by atoms with Gasteiger partial charge in [-0.25, -0.2) is 4.98 Å². The lowest BCUT2D eigenvalue weighted by atomic mass is 10.0. The van der Waals surface area contributed by atoms with Crippen LogP contribution in [0.3, 0.4) is 0 Å². The smallest absolute Gasteiger partial charge is 0.183 e. The molecule has 0 aliphatic heterocycles. The second-order valence-electron chi connectivity index (χ2n) is 4.18. The summed E-state index contributed by atoms with van der Waals surface area (Å²) < 4.78 is 0. The lowest BCUT2D eigenvalue weighted by Gasteiger charge is -2.09. The zero-order chi connectivity index (χ0) is 13.3. The second kappa shape index (κ2) is 5.26. The van der Waals surface area contributed by atoms with Gasteiger partial charge in [-0.15, -0.1) is 0 Å². The average Bonchev–Trinajstić information content (AvgIpc) is 2.77. The SMILES string of the molecule is CNc1nc(-c2cccc(Cl)c2C)c(C(C)N)s1. The van der Waals surface area contributed by atoms with E-state index in [0.29, 0.717) is 0 Å². The van der Waals surface area contributed by atoms with Gasteiger partial charge in [-0.1, -0.05) is 35.1 Å². The van der Waals surface area contributed by atoms with Gasteiger partial charge in [0.05, 0.1) is 10.6 Å². The van der Waals surface area contributed by atoms with Crippen molar-refractivity contribution in [1.82, 2.24) is 4.98 Å². The number of thiazole rings is 1. The molecule has 0 saturated heterocycles. The first-order valence-corrected chi connectivity index (χ1v) is 6.93. The minimum atomic E-state index is -0.0435. The van der Waals surface area contributed by atoms with Gasteiger partial charge in [0.15, 0.2) is 5.13 Å². The molecule has 0 aliphatic rings. The molecule has 1 aromatic carbocycles. The van der Waals surface area contributed by atoms with Crippen LogP contribution in [0.2, 0.25) is 5.02 Å². The van der Waals surface area contributed by atoms with Gasteiger partial charge in [-0.05, 0) is 25.5 Å². The van der Waals surface area contributed by atoms with Crippen LogP contribution in [0, 0.1) is 6.92 Å². The molecule has 0 aliphatic carbocycles. The lowest BCUT2D eigenvalue weighted by molar-refractivity contribution is 0.837. The number of nitrogens with two attached hydrogens (primary N) is 1. The van der Waals surface area contributed by atoms with E-state index < -0.39 is 0 Å². The Morgan fingerprint density at radius 2 is 2.17 bits per heavy atom. The lowest BCUT2D eigenvalue weighted by Crippen LogP contribution is -2.04. The molecule has 5 heteroatoms. The van der Waals surface area contributed by atoms with Gasteiger partial charge in [0.25, 0.3) is 0 Å². The van der Waals surface area contributed by atoms with E-state index in [1.807, 2.05) is 39.1 Å². The number of anilines is 1. The van der Waals surface area contributed by atoms with Crippen LogP contribution in [0.5, 0.6) is 0 Å². The molecule has 0 saturated carbocycles. The third kappa shape index (κ3) is 2.36. The highest BCUT2D eigenvalue weighted by Gasteiger charge is 2.17. The normalized spacial score (nSPS) is 12.5. The number of hydrogen-bond donors (Lipinski definition) is 2. The number of halogens is 1. The molecule has 1 atom stereocenters. The van der Waals surface area contributed by atoms with E-state index in [1.165, 1.54) is 0 Å². The summed E-state index contributed by atoms with van der Waals surface area (Å²) in [6.45, 7) is 3.97. The number of nitrogens with zero attached hydrogens (tertiary/aromatic N) is 1. The number of benzene rings is 1. The van der Waals surface area contributed by atoms with Crippen molar-refractivity contribution in [1.29, 1.82) is 0 Å². The van der Waals surface area contributed by atoms with E-state index in [0.717, 1.165) is 31.9 Å². The largest absolute Gasteiger partial charge is 0.365 e. The standard InChI is InChI=1S/C13H16ClN3S/c1-7-9(5-4-6-10(7)14)11-12(8(2)15)18-13(16-3)17-11/h4-6,8H,15H2,1-3H3,(H,16,17). The maximum Gasteiger partial charge on any atom is 0.183 e. The Labute approximate surface area is 116 Å². The molecule has 2 rings (SSSR count). The summed E-state index contributed by atoms with van der Waals surface area (Å²) in [7, 11) is 1.86. The zero-order valence-electron chi connectivity index (χ0n) is 10.6. The van der Waals surface area contributed by atoms with Crippen molar-refractivity contribution in [2.24, 2.45) is 5.73 Å². The monoisotopic (exact) mass is 281 g/mol. The van der Waals surface area contributed by atoms with Crippen LogP contribution in [0.1, 0.15) is 23.4 Å². The molecule has 3 N–H and O–H groups in total. The third-order valence-corrected chi connectivity index (χ3v) is 4.49. The van der Waals surface area contributed by atoms with Crippen LogP contribution < -0.4 is 11.1 Å². The van der Waals surface area contributed by atoms with E-state index in [1.54, 1.807) is 11.3 Å². The Bertz CT molecular complexity index is 563. The molecule has 18 heavy (non-hydrogen) atoms. The van der Waals surface area contributed by atoms with Gasteiger partial charge in [0.2, 0.25) is 0 Å². The quantitative estimate of drug-likeness (QED) is 0.899. The van der Waals surface area contributed by atoms with E-state index in [2.05, 4.69) is 10.3 Å². The van der Waals surface area contributed by atoms with Crippen LogP contribution in [0.15, 0.2) is 18.2 Å². The third-order valence-electron chi connectivity index (χ3n) is 2.80. The molecule has 96 valence electrons. The molecule has 3 nitrogen and oxygen atoms in total. The Kier molecular flexibility index (Phi) is 3.90. The summed E-state index contributed by atoms with van der Waals surface area (Å²) in [4.78, 5) is 5.66. The summed E-state index contributed by atoms with van der Waals surface area (Å²) >= 11 is 7.75. The van der Waals surface area contributed by atoms with Gasteiger partial charge in [-0.2, -0.15) is 0 Å². The Hall–Kier alpha value is -1.10. The predicted octanol–water partition coefficient (Wildman–Crippen LogP) is 3.83. The van der Waals surface area contributed by atoms with Gasteiger partial charge in [0, 0.05) is 23.7 Å². The fourth-order valence-corrected chi connectivity index (χ4v) is 2.86. The number of hydrogen-bond acceptors (Lipinski definition) is 4. The Morgan fingerprint density at radius 3 is 2.78 bits per heavy atom. The predicted molar refractivity (Wildman–Crippen MR) is 79.4 cm³/mol. The maximum absolute atomic E-state index is 6.17. The van der Waals surface area contributed by atoms with Gasteiger partial charge in [-0.3, -0.25) is 0 Å². The van der Waals surface area contributed by atoms with Crippen molar-refractivity contribution >= 4 is 28.1 Å². The van der Waals surface area contributed by atoms with Gasteiger partial charge < -0.3 is 11.1 Å². The minimum Gasteiger partial charge on any atom is -0.365 e. The molecule has 1 heterocycles. The van der Waals surface area contributed by atoms with Crippen molar-refractivity contribution in [2.75, 3.05) is 12.4 Å². The first kappa shape index (κ1) is 13.3. The van der Waals surface area contributed by atoms with Crippen LogP contribution >= 0.6 is 22.9 Å². The van der Waals surface area contributed by atoms with Crippen molar-refractivity contribution in [3.05, 3.63) is 33.7 Å². The van der Waals surface area contributed by atoms with E-state index in [4.69, 9.17) is 17.3 Å². The fourth-order valence-electron chi connectivity index (χ4n) is 1.80. The fraction of sp³-hybridized carbons (Fsp3) is 0.308. The second-order valence-corrected chi connectivity index (χ2v) is 5.62. The first-order chi connectivity index (χ1) is 8.54. The van der Waals surface area contributed by atoms with E-state index in [-0.39, 0.29) is 6.04 Å². The number of rotatable bonds is 3. The molecule has 1 unspecified atom stereocenters. The molecule has 0 spiro atoms. The highest BCUT2D eigenvalue weighted by Crippen LogP contribution is 2.37. The van der Waals surface area contributed by atoms with Crippen molar-refractivity contribution in [3.8, 4) is 11.3 Å². The molecular weight excluding hydrogens is 266 g/mol. The van der Waals surface area contributed by atoms with Crippen molar-refractivity contribution in [2.45, 2.75) is 19.9 Å². The number of aromatic nitrogens is 1. The molecular formula is C13H16ClN3S. The molecule has 0 amide bonds. The molecule has 0 fully saturated rings. The highest BCUT2D eigenvalue weighted by atomic mass is 35.5. The average molecular weight is 282 g/mol. The molecule has 2 aromatic rings.